The van der Waals surface area contributed by atoms with Crippen LogP contribution in [0.2, 0.25) is 0 Å². The van der Waals surface area contributed by atoms with E-state index < -0.39 is 11.8 Å². The highest BCUT2D eigenvalue weighted by atomic mass is 32.2. The van der Waals surface area contributed by atoms with Crippen molar-refractivity contribution in [2.75, 3.05) is 22.5 Å². The molecule has 7 nitrogen and oxygen atoms in total. The maximum atomic E-state index is 13.3. The lowest BCUT2D eigenvalue weighted by molar-refractivity contribution is -0.116. The summed E-state index contributed by atoms with van der Waals surface area (Å²) in [6, 6.07) is 27.5. The van der Waals surface area contributed by atoms with E-state index in [1.54, 1.807) is 60.9 Å². The van der Waals surface area contributed by atoms with E-state index in [9.17, 15) is 14.4 Å². The Hall–Kier alpha value is -4.69. The van der Waals surface area contributed by atoms with E-state index in [-0.39, 0.29) is 17.4 Å². The van der Waals surface area contributed by atoms with Crippen molar-refractivity contribution < 1.29 is 14.4 Å². The van der Waals surface area contributed by atoms with Gasteiger partial charge >= 0.3 is 0 Å². The third kappa shape index (κ3) is 6.61. The number of rotatable bonds is 8. The van der Waals surface area contributed by atoms with E-state index in [4.69, 9.17) is 0 Å². The van der Waals surface area contributed by atoms with Gasteiger partial charge in [-0.15, -0.1) is 11.8 Å². The molecule has 4 aromatic rings. The van der Waals surface area contributed by atoms with Crippen LogP contribution < -0.4 is 15.5 Å². The van der Waals surface area contributed by atoms with Crippen molar-refractivity contribution in [3.05, 3.63) is 126 Å². The predicted molar refractivity (Wildman–Crippen MR) is 154 cm³/mol. The van der Waals surface area contributed by atoms with Gasteiger partial charge in [-0.25, -0.2) is 0 Å². The summed E-state index contributed by atoms with van der Waals surface area (Å²) in [7, 11) is 0. The van der Waals surface area contributed by atoms with Gasteiger partial charge in [-0.05, 0) is 66.1 Å². The fourth-order valence-electron chi connectivity index (χ4n) is 4.25. The third-order valence-electron chi connectivity index (χ3n) is 6.17. The second kappa shape index (κ2) is 12.2. The normalized spacial score (nSPS) is 12.5. The van der Waals surface area contributed by atoms with Gasteiger partial charge in [0, 0.05) is 40.8 Å². The number of anilines is 2. The number of carbonyl (C=O) groups is 3. The molecule has 5 rings (SSSR count). The Balaban J connectivity index is 1.27. The number of amides is 3. The first-order chi connectivity index (χ1) is 19.1. The first-order valence-electron chi connectivity index (χ1n) is 12.5. The molecule has 0 saturated heterocycles. The molecule has 0 bridgehead atoms. The van der Waals surface area contributed by atoms with Crippen LogP contribution in [-0.4, -0.2) is 35.0 Å². The molecule has 0 atom stereocenters. The van der Waals surface area contributed by atoms with Crippen LogP contribution in [0, 0.1) is 0 Å². The van der Waals surface area contributed by atoms with Gasteiger partial charge in [0.1, 0.15) is 5.70 Å². The maximum absolute atomic E-state index is 13.3. The van der Waals surface area contributed by atoms with E-state index in [0.717, 1.165) is 17.0 Å². The van der Waals surface area contributed by atoms with E-state index in [0.29, 0.717) is 23.4 Å². The summed E-state index contributed by atoms with van der Waals surface area (Å²) in [4.78, 5) is 45.7. The number of para-hydroxylation sites is 1. The van der Waals surface area contributed by atoms with E-state index in [2.05, 4.69) is 21.7 Å². The lowest BCUT2D eigenvalue weighted by Crippen LogP contribution is -2.30. The molecule has 1 aliphatic rings. The molecule has 0 unspecified atom stereocenters. The van der Waals surface area contributed by atoms with Gasteiger partial charge in [0.25, 0.3) is 11.8 Å². The summed E-state index contributed by atoms with van der Waals surface area (Å²) >= 11 is 1.42. The average molecular weight is 535 g/mol. The SMILES string of the molecule is O=C(Nc1cccc(SCC(=O)N2CCc3ccccc32)c1)/C(=C/c1cccnc1)NC(=O)c1ccccc1. The number of fused-ring (bicyclic) bond motifs is 1. The molecule has 0 aliphatic carbocycles. The Labute approximate surface area is 231 Å². The quantitative estimate of drug-likeness (QED) is 0.240. The van der Waals surface area contributed by atoms with Crippen molar-refractivity contribution >= 4 is 46.9 Å². The van der Waals surface area contributed by atoms with Gasteiger partial charge in [-0.3, -0.25) is 19.4 Å². The van der Waals surface area contributed by atoms with Gasteiger partial charge in [0.05, 0.1) is 5.75 Å². The molecule has 39 heavy (non-hydrogen) atoms. The molecular formula is C31H26N4O3S. The number of hydrogen-bond donors (Lipinski definition) is 2. The zero-order valence-electron chi connectivity index (χ0n) is 21.0. The highest BCUT2D eigenvalue weighted by molar-refractivity contribution is 8.00. The molecular weight excluding hydrogens is 508 g/mol. The first-order valence-corrected chi connectivity index (χ1v) is 13.5. The molecule has 0 radical (unpaired) electrons. The smallest absolute Gasteiger partial charge is 0.272 e. The van der Waals surface area contributed by atoms with Crippen molar-refractivity contribution in [2.24, 2.45) is 0 Å². The zero-order valence-corrected chi connectivity index (χ0v) is 21.9. The van der Waals surface area contributed by atoms with Crippen LogP contribution in [0.3, 0.4) is 0 Å². The molecule has 2 heterocycles. The van der Waals surface area contributed by atoms with Crippen molar-refractivity contribution in [1.82, 2.24) is 10.3 Å². The number of aromatic nitrogens is 1. The molecule has 2 N–H and O–H groups in total. The van der Waals surface area contributed by atoms with Crippen LogP contribution >= 0.6 is 11.8 Å². The van der Waals surface area contributed by atoms with Gasteiger partial charge < -0.3 is 15.5 Å². The summed E-state index contributed by atoms with van der Waals surface area (Å²) in [6.45, 7) is 0.690. The van der Waals surface area contributed by atoms with Crippen LogP contribution in [0.15, 0.2) is 114 Å². The molecule has 3 amide bonds. The molecule has 0 fully saturated rings. The van der Waals surface area contributed by atoms with Crippen LogP contribution in [0.4, 0.5) is 11.4 Å². The van der Waals surface area contributed by atoms with Crippen molar-refractivity contribution in [3.8, 4) is 0 Å². The van der Waals surface area contributed by atoms with Crippen molar-refractivity contribution in [2.45, 2.75) is 11.3 Å². The topological polar surface area (TPSA) is 91.4 Å². The van der Waals surface area contributed by atoms with Gasteiger partial charge in [0.15, 0.2) is 0 Å². The van der Waals surface area contributed by atoms with E-state index in [1.807, 2.05) is 47.4 Å². The number of pyridine rings is 1. The summed E-state index contributed by atoms with van der Waals surface area (Å²) in [5.74, 6) is -0.544. The van der Waals surface area contributed by atoms with Gasteiger partial charge in [-0.1, -0.05) is 48.5 Å². The molecule has 8 heteroatoms. The minimum Gasteiger partial charge on any atom is -0.321 e. The van der Waals surface area contributed by atoms with Crippen LogP contribution in [0.25, 0.3) is 6.08 Å². The Bertz CT molecular complexity index is 1520. The number of hydrogen-bond acceptors (Lipinski definition) is 5. The third-order valence-corrected chi connectivity index (χ3v) is 7.15. The summed E-state index contributed by atoms with van der Waals surface area (Å²) in [6.07, 6.45) is 5.68. The fourth-order valence-corrected chi connectivity index (χ4v) is 5.08. The number of benzene rings is 3. The first kappa shape index (κ1) is 25.9. The Morgan fingerprint density at radius 3 is 2.56 bits per heavy atom. The summed E-state index contributed by atoms with van der Waals surface area (Å²) < 4.78 is 0. The standard InChI is InChI=1S/C31H26N4O3S/c36-29(35-17-15-23-9-4-5-14-28(23)35)21-39-26-13-6-12-25(19-26)33-31(38)27(18-22-8-7-16-32-20-22)34-30(37)24-10-2-1-3-11-24/h1-14,16,18-20H,15,17,21H2,(H,33,38)(H,34,37)/b27-18-. The Morgan fingerprint density at radius 2 is 1.74 bits per heavy atom. The monoisotopic (exact) mass is 534 g/mol. The Kier molecular flexibility index (Phi) is 8.14. The van der Waals surface area contributed by atoms with Gasteiger partial charge in [-0.2, -0.15) is 0 Å². The zero-order chi connectivity index (χ0) is 27.0. The molecule has 1 aliphatic heterocycles. The highest BCUT2D eigenvalue weighted by Crippen LogP contribution is 2.29. The van der Waals surface area contributed by atoms with Crippen LogP contribution in [-0.2, 0) is 16.0 Å². The number of thioether (sulfide) groups is 1. The van der Waals surface area contributed by atoms with Crippen LogP contribution in [0.1, 0.15) is 21.5 Å². The minimum absolute atomic E-state index is 0.0460. The molecule has 0 saturated carbocycles. The summed E-state index contributed by atoms with van der Waals surface area (Å²) in [5, 5.41) is 5.59. The number of nitrogens with zero attached hydrogens (tertiary/aromatic N) is 2. The van der Waals surface area contributed by atoms with Crippen molar-refractivity contribution in [1.29, 1.82) is 0 Å². The second-order valence-corrected chi connectivity index (χ2v) is 9.91. The van der Waals surface area contributed by atoms with Crippen molar-refractivity contribution in [3.63, 3.8) is 0 Å². The van der Waals surface area contributed by atoms with Crippen LogP contribution in [0.5, 0.6) is 0 Å². The minimum atomic E-state index is -0.477. The number of carbonyl (C=O) groups excluding carboxylic acids is 3. The molecule has 3 aromatic carbocycles. The van der Waals surface area contributed by atoms with E-state index >= 15 is 0 Å². The second-order valence-electron chi connectivity index (χ2n) is 8.86. The van der Waals surface area contributed by atoms with Gasteiger partial charge in [0.2, 0.25) is 5.91 Å². The molecule has 0 spiro atoms. The maximum Gasteiger partial charge on any atom is 0.272 e. The predicted octanol–water partition coefficient (Wildman–Crippen LogP) is 5.17. The lowest BCUT2D eigenvalue weighted by atomic mass is 10.2. The number of nitrogens with one attached hydrogen (secondary N) is 2. The largest absolute Gasteiger partial charge is 0.321 e. The lowest BCUT2D eigenvalue weighted by Gasteiger charge is -2.17. The fraction of sp³-hybridized carbons (Fsp3) is 0.0968. The molecule has 1 aromatic heterocycles. The Morgan fingerprint density at radius 1 is 0.923 bits per heavy atom. The molecule has 194 valence electrons. The summed E-state index contributed by atoms with van der Waals surface area (Å²) in [5.41, 5.74) is 3.91. The highest BCUT2D eigenvalue weighted by Gasteiger charge is 2.24. The average Bonchev–Trinajstić information content (AvgIpc) is 3.41. The van der Waals surface area contributed by atoms with E-state index in [1.165, 1.54) is 17.3 Å².